The predicted octanol–water partition coefficient (Wildman–Crippen LogP) is 4.78. The van der Waals surface area contributed by atoms with Crippen LogP contribution < -0.4 is 0 Å². The van der Waals surface area contributed by atoms with Crippen molar-refractivity contribution in [1.29, 1.82) is 0 Å². The van der Waals surface area contributed by atoms with E-state index in [1.54, 1.807) is 0 Å². The maximum Gasteiger partial charge on any atom is 0.0576 e. The van der Waals surface area contributed by atoms with Crippen molar-refractivity contribution >= 4 is 27.5 Å². The van der Waals surface area contributed by atoms with E-state index in [0.29, 0.717) is 12.0 Å². The lowest BCUT2D eigenvalue weighted by molar-refractivity contribution is 0.101. The van der Waals surface area contributed by atoms with Crippen LogP contribution >= 0.6 is 27.5 Å². The van der Waals surface area contributed by atoms with E-state index < -0.39 is 0 Å². The molecule has 17 heavy (non-hydrogen) atoms. The maximum atomic E-state index is 5.91. The van der Waals surface area contributed by atoms with Crippen LogP contribution in [-0.2, 0) is 4.74 Å². The first-order valence-electron chi connectivity index (χ1n) is 6.22. The van der Waals surface area contributed by atoms with Gasteiger partial charge in [0.1, 0.15) is 0 Å². The highest BCUT2D eigenvalue weighted by Gasteiger charge is 2.18. The predicted molar refractivity (Wildman–Crippen MR) is 76.2 cm³/mol. The molecule has 0 N–H and O–H groups in total. The SMILES string of the molecule is Clc1ccc(C(CBr)CCC2CCCO2)cc1. The maximum absolute atomic E-state index is 5.91. The highest BCUT2D eigenvalue weighted by atomic mass is 79.9. The van der Waals surface area contributed by atoms with Crippen LogP contribution in [0.1, 0.15) is 37.2 Å². The fourth-order valence-electron chi connectivity index (χ4n) is 2.33. The first-order valence-corrected chi connectivity index (χ1v) is 7.72. The summed E-state index contributed by atoms with van der Waals surface area (Å²) in [5, 5.41) is 1.81. The lowest BCUT2D eigenvalue weighted by Crippen LogP contribution is -2.09. The topological polar surface area (TPSA) is 9.23 Å². The summed E-state index contributed by atoms with van der Waals surface area (Å²) in [7, 11) is 0. The van der Waals surface area contributed by atoms with Crippen LogP contribution in [0.3, 0.4) is 0 Å². The largest absolute Gasteiger partial charge is 0.378 e. The second-order valence-electron chi connectivity index (χ2n) is 4.62. The first kappa shape index (κ1) is 13.4. The Balaban J connectivity index is 1.89. The van der Waals surface area contributed by atoms with E-state index >= 15 is 0 Å². The lowest BCUT2D eigenvalue weighted by atomic mass is 9.94. The molecule has 1 aromatic carbocycles. The molecular formula is C14H18BrClO. The van der Waals surface area contributed by atoms with Gasteiger partial charge in [-0.25, -0.2) is 0 Å². The third kappa shape index (κ3) is 3.97. The standard InChI is InChI=1S/C14H18BrClO/c15-10-12(5-8-14-2-1-9-17-14)11-3-6-13(16)7-4-11/h3-4,6-7,12,14H,1-2,5,8-10H2. The van der Waals surface area contributed by atoms with Crippen molar-refractivity contribution in [1.82, 2.24) is 0 Å². The Bertz CT molecular complexity index is 333. The van der Waals surface area contributed by atoms with Crippen molar-refractivity contribution in [2.75, 3.05) is 11.9 Å². The zero-order valence-electron chi connectivity index (χ0n) is 9.87. The number of ether oxygens (including phenoxy) is 1. The second-order valence-corrected chi connectivity index (χ2v) is 5.70. The van der Waals surface area contributed by atoms with Crippen LogP contribution in [0.25, 0.3) is 0 Å². The zero-order valence-corrected chi connectivity index (χ0v) is 12.2. The molecule has 1 fully saturated rings. The highest BCUT2D eigenvalue weighted by molar-refractivity contribution is 9.09. The van der Waals surface area contributed by atoms with Crippen LogP contribution in [0.4, 0.5) is 0 Å². The van der Waals surface area contributed by atoms with Gasteiger partial charge in [0.25, 0.3) is 0 Å². The summed E-state index contributed by atoms with van der Waals surface area (Å²) in [5.41, 5.74) is 1.37. The Morgan fingerprint density at radius 1 is 1.35 bits per heavy atom. The average Bonchev–Trinajstić information content (AvgIpc) is 2.85. The van der Waals surface area contributed by atoms with Crippen LogP contribution in [0.15, 0.2) is 24.3 Å². The summed E-state index contributed by atoms with van der Waals surface area (Å²) < 4.78 is 5.67. The minimum absolute atomic E-state index is 0.490. The van der Waals surface area contributed by atoms with Gasteiger partial charge < -0.3 is 4.74 Å². The number of benzene rings is 1. The molecule has 0 radical (unpaired) electrons. The van der Waals surface area contributed by atoms with Crippen molar-refractivity contribution in [2.24, 2.45) is 0 Å². The molecule has 2 rings (SSSR count). The molecule has 1 heterocycles. The smallest absolute Gasteiger partial charge is 0.0576 e. The molecule has 0 spiro atoms. The molecule has 2 unspecified atom stereocenters. The molecule has 1 aliphatic rings. The normalized spacial score (nSPS) is 21.6. The molecule has 0 aromatic heterocycles. The second kappa shape index (κ2) is 6.77. The zero-order chi connectivity index (χ0) is 12.1. The Morgan fingerprint density at radius 2 is 2.12 bits per heavy atom. The van der Waals surface area contributed by atoms with Gasteiger partial charge in [-0.2, -0.15) is 0 Å². The average molecular weight is 318 g/mol. The van der Waals surface area contributed by atoms with E-state index in [4.69, 9.17) is 16.3 Å². The molecule has 0 aliphatic carbocycles. The summed E-state index contributed by atoms with van der Waals surface area (Å²) in [6.45, 7) is 0.949. The third-order valence-corrected chi connectivity index (χ3v) is 4.42. The number of hydrogen-bond acceptors (Lipinski definition) is 1. The van der Waals surface area contributed by atoms with Crippen molar-refractivity contribution in [2.45, 2.75) is 37.7 Å². The molecule has 1 saturated heterocycles. The van der Waals surface area contributed by atoms with Gasteiger partial charge in [-0.1, -0.05) is 39.7 Å². The molecule has 1 nitrogen and oxygen atoms in total. The van der Waals surface area contributed by atoms with E-state index in [0.717, 1.165) is 17.0 Å². The van der Waals surface area contributed by atoms with Gasteiger partial charge in [0, 0.05) is 17.0 Å². The lowest BCUT2D eigenvalue weighted by Gasteiger charge is -2.17. The van der Waals surface area contributed by atoms with Gasteiger partial charge in [0.05, 0.1) is 6.10 Å². The summed E-state index contributed by atoms with van der Waals surface area (Å²) in [4.78, 5) is 0. The molecule has 0 bridgehead atoms. The Labute approximate surface area is 117 Å². The van der Waals surface area contributed by atoms with Crippen molar-refractivity contribution in [3.63, 3.8) is 0 Å². The molecular weight excluding hydrogens is 300 g/mol. The number of halogens is 2. The fraction of sp³-hybridized carbons (Fsp3) is 0.571. The monoisotopic (exact) mass is 316 g/mol. The Morgan fingerprint density at radius 3 is 2.71 bits per heavy atom. The fourth-order valence-corrected chi connectivity index (χ4v) is 3.15. The minimum Gasteiger partial charge on any atom is -0.378 e. The number of hydrogen-bond donors (Lipinski definition) is 0. The summed E-state index contributed by atoms with van der Waals surface area (Å²) >= 11 is 9.52. The molecule has 1 aliphatic heterocycles. The summed E-state index contributed by atoms with van der Waals surface area (Å²) in [6, 6.07) is 8.20. The summed E-state index contributed by atoms with van der Waals surface area (Å²) in [6.07, 6.45) is 5.29. The van der Waals surface area contributed by atoms with E-state index in [2.05, 4.69) is 28.1 Å². The quantitative estimate of drug-likeness (QED) is 0.710. The molecule has 2 atom stereocenters. The molecule has 3 heteroatoms. The van der Waals surface area contributed by atoms with Crippen molar-refractivity contribution in [3.8, 4) is 0 Å². The first-order chi connectivity index (χ1) is 8.29. The van der Waals surface area contributed by atoms with Crippen LogP contribution in [0.2, 0.25) is 5.02 Å². The van der Waals surface area contributed by atoms with E-state index in [1.807, 2.05) is 12.1 Å². The highest BCUT2D eigenvalue weighted by Crippen LogP contribution is 2.28. The molecule has 0 amide bonds. The van der Waals surface area contributed by atoms with Gasteiger partial charge in [-0.15, -0.1) is 0 Å². The van der Waals surface area contributed by atoms with Crippen molar-refractivity contribution < 1.29 is 4.74 Å². The summed E-state index contributed by atoms with van der Waals surface area (Å²) in [5.74, 6) is 0.566. The van der Waals surface area contributed by atoms with Crippen LogP contribution in [0, 0.1) is 0 Å². The van der Waals surface area contributed by atoms with Gasteiger partial charge in [0.15, 0.2) is 0 Å². The molecule has 94 valence electrons. The van der Waals surface area contributed by atoms with Crippen LogP contribution in [0.5, 0.6) is 0 Å². The van der Waals surface area contributed by atoms with Crippen LogP contribution in [-0.4, -0.2) is 18.0 Å². The molecule has 1 aromatic rings. The van der Waals surface area contributed by atoms with Gasteiger partial charge in [-0.3, -0.25) is 0 Å². The van der Waals surface area contributed by atoms with Crippen molar-refractivity contribution in [3.05, 3.63) is 34.9 Å². The van der Waals surface area contributed by atoms with E-state index in [1.165, 1.54) is 31.2 Å². The molecule has 0 saturated carbocycles. The number of alkyl halides is 1. The Hall–Kier alpha value is -0.0500. The van der Waals surface area contributed by atoms with Gasteiger partial charge in [-0.05, 0) is 49.3 Å². The number of rotatable bonds is 5. The van der Waals surface area contributed by atoms with Gasteiger partial charge in [0.2, 0.25) is 0 Å². The Kier molecular flexibility index (Phi) is 5.33. The third-order valence-electron chi connectivity index (χ3n) is 3.39. The van der Waals surface area contributed by atoms with E-state index in [9.17, 15) is 0 Å². The van der Waals surface area contributed by atoms with Gasteiger partial charge >= 0.3 is 0 Å². The minimum atomic E-state index is 0.490. The van der Waals surface area contributed by atoms with E-state index in [-0.39, 0.29) is 0 Å².